The fourth-order valence-electron chi connectivity index (χ4n) is 2.16. The van der Waals surface area contributed by atoms with Crippen molar-refractivity contribution >= 4 is 22.9 Å². The molecule has 1 heterocycles. The van der Waals surface area contributed by atoms with E-state index >= 15 is 0 Å². The molecule has 0 saturated carbocycles. The molecule has 3 N–H and O–H groups in total. The first kappa shape index (κ1) is 14.2. The van der Waals surface area contributed by atoms with E-state index in [-0.39, 0.29) is 16.2 Å². The average Bonchev–Trinajstić information content (AvgIpc) is 2.38. The summed E-state index contributed by atoms with van der Waals surface area (Å²) in [6.07, 6.45) is 1.99. The normalized spacial score (nSPS) is 18.0. The first-order valence-electron chi connectivity index (χ1n) is 6.41. The standard InChI is InChI=1S/C14H19FN2OS/c1-14(4-6-18-7-5-14)9-17-12-3-2-10(13(16)19)8-11(12)15/h2-3,8,17H,4-7,9H2,1H3,(H2,16,19). The molecule has 2 rings (SSSR count). The fraction of sp³-hybridized carbons (Fsp3) is 0.500. The summed E-state index contributed by atoms with van der Waals surface area (Å²) >= 11 is 4.83. The quantitative estimate of drug-likeness (QED) is 0.834. The van der Waals surface area contributed by atoms with E-state index in [2.05, 4.69) is 12.2 Å². The smallest absolute Gasteiger partial charge is 0.146 e. The van der Waals surface area contributed by atoms with Crippen LogP contribution in [0, 0.1) is 11.2 Å². The zero-order valence-corrected chi connectivity index (χ0v) is 11.9. The van der Waals surface area contributed by atoms with Crippen LogP contribution in [-0.4, -0.2) is 24.7 Å². The van der Waals surface area contributed by atoms with Crippen molar-refractivity contribution in [3.05, 3.63) is 29.6 Å². The lowest BCUT2D eigenvalue weighted by Crippen LogP contribution is -2.33. The molecule has 19 heavy (non-hydrogen) atoms. The van der Waals surface area contributed by atoms with Gasteiger partial charge in [0.2, 0.25) is 0 Å². The van der Waals surface area contributed by atoms with E-state index in [1.165, 1.54) is 6.07 Å². The summed E-state index contributed by atoms with van der Waals surface area (Å²) in [5, 5.41) is 3.17. The van der Waals surface area contributed by atoms with Gasteiger partial charge in [-0.2, -0.15) is 0 Å². The summed E-state index contributed by atoms with van der Waals surface area (Å²) in [5.74, 6) is -0.319. The molecule has 0 radical (unpaired) electrons. The highest BCUT2D eigenvalue weighted by molar-refractivity contribution is 7.80. The molecule has 1 fully saturated rings. The van der Waals surface area contributed by atoms with Gasteiger partial charge in [-0.3, -0.25) is 0 Å². The van der Waals surface area contributed by atoms with Gasteiger partial charge in [-0.05, 0) is 36.5 Å². The van der Waals surface area contributed by atoms with E-state index < -0.39 is 0 Å². The summed E-state index contributed by atoms with van der Waals surface area (Å²) in [6, 6.07) is 4.80. The third-order valence-electron chi connectivity index (χ3n) is 3.66. The Morgan fingerprint density at radius 2 is 2.16 bits per heavy atom. The summed E-state index contributed by atoms with van der Waals surface area (Å²) in [7, 11) is 0. The van der Waals surface area contributed by atoms with Gasteiger partial charge in [0.1, 0.15) is 10.8 Å². The molecule has 0 bridgehead atoms. The molecular weight excluding hydrogens is 263 g/mol. The molecular formula is C14H19FN2OS. The maximum Gasteiger partial charge on any atom is 0.146 e. The number of thiocarbonyl (C=S) groups is 1. The van der Waals surface area contributed by atoms with Crippen molar-refractivity contribution in [1.29, 1.82) is 0 Å². The number of hydrogen-bond acceptors (Lipinski definition) is 3. The third-order valence-corrected chi connectivity index (χ3v) is 3.89. The van der Waals surface area contributed by atoms with E-state index in [0.717, 1.165) is 32.6 Å². The van der Waals surface area contributed by atoms with Crippen LogP contribution in [0.3, 0.4) is 0 Å². The molecule has 104 valence electrons. The summed E-state index contributed by atoms with van der Waals surface area (Å²) in [4.78, 5) is 0.210. The molecule has 1 saturated heterocycles. The van der Waals surface area contributed by atoms with Crippen molar-refractivity contribution in [3.63, 3.8) is 0 Å². The van der Waals surface area contributed by atoms with Crippen molar-refractivity contribution in [2.24, 2.45) is 11.1 Å². The number of ether oxygens (including phenoxy) is 1. The maximum absolute atomic E-state index is 13.9. The van der Waals surface area contributed by atoms with Crippen LogP contribution in [0.2, 0.25) is 0 Å². The average molecular weight is 282 g/mol. The number of halogens is 1. The Hall–Kier alpha value is -1.20. The SMILES string of the molecule is CC1(CNc2ccc(C(N)=S)cc2F)CCOCC1. The second-order valence-electron chi connectivity index (χ2n) is 5.34. The Morgan fingerprint density at radius 3 is 2.74 bits per heavy atom. The first-order valence-corrected chi connectivity index (χ1v) is 6.82. The van der Waals surface area contributed by atoms with Gasteiger partial charge in [0.05, 0.1) is 5.69 Å². The highest BCUT2D eigenvalue weighted by Crippen LogP contribution is 2.30. The number of nitrogens with two attached hydrogens (primary N) is 1. The van der Waals surface area contributed by atoms with Crippen molar-refractivity contribution < 1.29 is 9.13 Å². The van der Waals surface area contributed by atoms with Crippen molar-refractivity contribution in [2.45, 2.75) is 19.8 Å². The lowest BCUT2D eigenvalue weighted by molar-refractivity contribution is 0.0300. The topological polar surface area (TPSA) is 47.3 Å². The van der Waals surface area contributed by atoms with Crippen LogP contribution in [0.15, 0.2) is 18.2 Å². The van der Waals surface area contributed by atoms with Crippen molar-refractivity contribution in [1.82, 2.24) is 0 Å². The van der Waals surface area contributed by atoms with Gasteiger partial charge in [-0.15, -0.1) is 0 Å². The molecule has 0 atom stereocenters. The molecule has 0 spiro atoms. The van der Waals surface area contributed by atoms with Gasteiger partial charge in [0.25, 0.3) is 0 Å². The van der Waals surface area contributed by atoms with Crippen LogP contribution in [-0.2, 0) is 4.74 Å². The molecule has 1 aromatic rings. The first-order chi connectivity index (χ1) is 9.00. The molecule has 1 aliphatic heterocycles. The van der Waals surface area contributed by atoms with E-state index in [4.69, 9.17) is 22.7 Å². The van der Waals surface area contributed by atoms with Crippen LogP contribution >= 0.6 is 12.2 Å². The van der Waals surface area contributed by atoms with Crippen LogP contribution in [0.25, 0.3) is 0 Å². The van der Waals surface area contributed by atoms with Crippen molar-refractivity contribution in [3.8, 4) is 0 Å². The molecule has 0 amide bonds. The number of rotatable bonds is 4. The van der Waals surface area contributed by atoms with E-state index in [1.54, 1.807) is 12.1 Å². The summed E-state index contributed by atoms with van der Waals surface area (Å²) in [5.41, 5.74) is 6.68. The van der Waals surface area contributed by atoms with Crippen LogP contribution in [0.4, 0.5) is 10.1 Å². The van der Waals surface area contributed by atoms with Gasteiger partial charge in [0, 0.05) is 25.3 Å². The van der Waals surface area contributed by atoms with Gasteiger partial charge in [-0.25, -0.2) is 4.39 Å². The molecule has 1 aromatic carbocycles. The third kappa shape index (κ3) is 3.64. The largest absolute Gasteiger partial charge is 0.389 e. The second-order valence-corrected chi connectivity index (χ2v) is 5.78. The molecule has 5 heteroatoms. The van der Waals surface area contributed by atoms with E-state index in [0.29, 0.717) is 11.3 Å². The van der Waals surface area contributed by atoms with Crippen molar-refractivity contribution in [2.75, 3.05) is 25.1 Å². The number of hydrogen-bond donors (Lipinski definition) is 2. The van der Waals surface area contributed by atoms with E-state index in [1.807, 2.05) is 0 Å². The predicted octanol–water partition coefficient (Wildman–Crippen LogP) is 2.69. The van der Waals surface area contributed by atoms with Gasteiger partial charge in [0.15, 0.2) is 0 Å². The Labute approximate surface area is 118 Å². The number of anilines is 1. The zero-order chi connectivity index (χ0) is 13.9. The molecule has 0 aliphatic carbocycles. The second kappa shape index (κ2) is 5.84. The molecule has 0 unspecified atom stereocenters. The van der Waals surface area contributed by atoms with Crippen LogP contribution in [0.1, 0.15) is 25.3 Å². The maximum atomic E-state index is 13.9. The van der Waals surface area contributed by atoms with E-state index in [9.17, 15) is 4.39 Å². The summed E-state index contributed by atoms with van der Waals surface area (Å²) < 4.78 is 19.2. The fourth-order valence-corrected chi connectivity index (χ4v) is 2.29. The van der Waals surface area contributed by atoms with Gasteiger partial charge < -0.3 is 15.8 Å². The minimum absolute atomic E-state index is 0.159. The highest BCUT2D eigenvalue weighted by atomic mass is 32.1. The lowest BCUT2D eigenvalue weighted by Gasteiger charge is -2.34. The predicted molar refractivity (Wildman–Crippen MR) is 78.9 cm³/mol. The lowest BCUT2D eigenvalue weighted by atomic mass is 9.82. The Balaban J connectivity index is 2.01. The van der Waals surface area contributed by atoms with Crippen LogP contribution < -0.4 is 11.1 Å². The number of nitrogens with one attached hydrogen (secondary N) is 1. The number of benzene rings is 1. The molecule has 3 nitrogen and oxygen atoms in total. The monoisotopic (exact) mass is 282 g/mol. The Morgan fingerprint density at radius 1 is 1.47 bits per heavy atom. The van der Waals surface area contributed by atoms with Crippen LogP contribution in [0.5, 0.6) is 0 Å². The minimum atomic E-state index is -0.319. The molecule has 0 aromatic heterocycles. The van der Waals surface area contributed by atoms with Gasteiger partial charge >= 0.3 is 0 Å². The Bertz CT molecular complexity index is 473. The highest BCUT2D eigenvalue weighted by Gasteiger charge is 2.27. The minimum Gasteiger partial charge on any atom is -0.389 e. The molecule has 1 aliphatic rings. The zero-order valence-electron chi connectivity index (χ0n) is 11.0. The summed E-state index contributed by atoms with van der Waals surface area (Å²) in [6.45, 7) is 4.49. The van der Waals surface area contributed by atoms with Gasteiger partial charge in [-0.1, -0.05) is 19.1 Å². The Kier molecular flexibility index (Phi) is 4.37.